The van der Waals surface area contributed by atoms with Gasteiger partial charge < -0.3 is 0 Å². The molecule has 14 heavy (non-hydrogen) atoms. The Balaban J connectivity index is 2.96. The predicted molar refractivity (Wildman–Crippen MR) is 53.8 cm³/mol. The molecule has 0 aliphatic heterocycles. The molecular weight excluding hydrogens is 270 g/mol. The lowest BCUT2D eigenvalue weighted by atomic mass is 10.7. The zero-order valence-corrected chi connectivity index (χ0v) is 9.58. The molecule has 2 rings (SSSR count). The lowest BCUT2D eigenvalue weighted by molar-refractivity contribution is 0.595. The number of sulfone groups is 1. The SMILES string of the molecule is CS(=O)(=O)c1ccnc2ncc(Br)n12. The number of halogens is 1. The summed E-state index contributed by atoms with van der Waals surface area (Å²) in [6.45, 7) is 0. The molecule has 74 valence electrons. The minimum atomic E-state index is -3.27. The van der Waals surface area contributed by atoms with E-state index in [2.05, 4.69) is 25.9 Å². The van der Waals surface area contributed by atoms with Crippen LogP contribution in [0.5, 0.6) is 0 Å². The van der Waals surface area contributed by atoms with Crippen LogP contribution in [0, 0.1) is 0 Å². The minimum absolute atomic E-state index is 0.173. The van der Waals surface area contributed by atoms with Crippen LogP contribution in [0.15, 0.2) is 28.1 Å². The van der Waals surface area contributed by atoms with Crippen molar-refractivity contribution in [3.05, 3.63) is 23.1 Å². The number of imidazole rings is 1. The second kappa shape index (κ2) is 3.03. The van der Waals surface area contributed by atoms with E-state index in [4.69, 9.17) is 0 Å². The van der Waals surface area contributed by atoms with E-state index in [0.29, 0.717) is 10.4 Å². The molecule has 0 atom stereocenters. The molecule has 2 heterocycles. The Morgan fingerprint density at radius 3 is 2.79 bits per heavy atom. The van der Waals surface area contributed by atoms with Gasteiger partial charge in [-0.25, -0.2) is 18.4 Å². The average molecular weight is 276 g/mol. The average Bonchev–Trinajstić information content (AvgIpc) is 2.46. The lowest BCUT2D eigenvalue weighted by Crippen LogP contribution is -2.05. The fourth-order valence-electron chi connectivity index (χ4n) is 1.15. The first-order valence-electron chi connectivity index (χ1n) is 3.68. The van der Waals surface area contributed by atoms with Crippen molar-refractivity contribution < 1.29 is 8.42 Å². The summed E-state index contributed by atoms with van der Waals surface area (Å²) in [5.74, 6) is 0.361. The Kier molecular flexibility index (Phi) is 2.07. The number of fused-ring (bicyclic) bond motifs is 1. The highest BCUT2D eigenvalue weighted by molar-refractivity contribution is 9.10. The highest BCUT2D eigenvalue weighted by Gasteiger charge is 2.14. The standard InChI is InChI=1S/C7H6BrN3O2S/c1-14(12,13)6-2-3-9-7-10-4-5(8)11(6)7/h2-4H,1H3. The Labute approximate surface area is 88.8 Å². The largest absolute Gasteiger partial charge is 0.261 e. The maximum absolute atomic E-state index is 11.4. The third kappa shape index (κ3) is 1.42. The van der Waals surface area contributed by atoms with Crippen molar-refractivity contribution in [1.82, 2.24) is 14.4 Å². The van der Waals surface area contributed by atoms with Gasteiger partial charge in [-0.1, -0.05) is 0 Å². The Morgan fingerprint density at radius 2 is 2.14 bits per heavy atom. The van der Waals surface area contributed by atoms with E-state index in [9.17, 15) is 8.42 Å². The molecule has 0 fully saturated rings. The van der Waals surface area contributed by atoms with Gasteiger partial charge in [0.2, 0.25) is 5.78 Å². The number of aromatic nitrogens is 3. The molecule has 0 aromatic carbocycles. The number of rotatable bonds is 1. The molecule has 0 N–H and O–H groups in total. The third-order valence-electron chi connectivity index (χ3n) is 1.71. The van der Waals surface area contributed by atoms with Crippen molar-refractivity contribution in [2.45, 2.75) is 5.03 Å². The van der Waals surface area contributed by atoms with E-state index in [1.807, 2.05) is 0 Å². The van der Waals surface area contributed by atoms with Gasteiger partial charge in [-0.2, -0.15) is 0 Å². The van der Waals surface area contributed by atoms with E-state index >= 15 is 0 Å². The van der Waals surface area contributed by atoms with Gasteiger partial charge in [-0.15, -0.1) is 0 Å². The predicted octanol–water partition coefficient (Wildman–Crippen LogP) is 0.895. The highest BCUT2D eigenvalue weighted by Crippen LogP contribution is 2.17. The number of hydrogen-bond donors (Lipinski definition) is 0. The highest BCUT2D eigenvalue weighted by atomic mass is 79.9. The summed E-state index contributed by atoms with van der Waals surface area (Å²) in [7, 11) is -3.27. The maximum Gasteiger partial charge on any atom is 0.235 e. The smallest absolute Gasteiger partial charge is 0.235 e. The number of nitrogens with zero attached hydrogens (tertiary/aromatic N) is 3. The van der Waals surface area contributed by atoms with Crippen molar-refractivity contribution in [3.8, 4) is 0 Å². The van der Waals surface area contributed by atoms with Crippen LogP contribution in [0.2, 0.25) is 0 Å². The molecule has 0 saturated carbocycles. The quantitative estimate of drug-likeness (QED) is 0.726. The molecular formula is C7H6BrN3O2S. The second-order valence-electron chi connectivity index (χ2n) is 2.77. The van der Waals surface area contributed by atoms with E-state index in [0.717, 1.165) is 6.26 Å². The Bertz CT molecular complexity index is 590. The maximum atomic E-state index is 11.4. The van der Waals surface area contributed by atoms with Gasteiger partial charge in [0.25, 0.3) is 0 Å². The van der Waals surface area contributed by atoms with Gasteiger partial charge in [0.1, 0.15) is 9.63 Å². The van der Waals surface area contributed by atoms with Crippen LogP contribution in [-0.2, 0) is 9.84 Å². The van der Waals surface area contributed by atoms with Crippen molar-refractivity contribution in [1.29, 1.82) is 0 Å². The second-order valence-corrected chi connectivity index (χ2v) is 5.55. The summed E-state index contributed by atoms with van der Waals surface area (Å²) in [4.78, 5) is 7.87. The van der Waals surface area contributed by atoms with Crippen molar-refractivity contribution >= 4 is 31.5 Å². The molecule has 0 bridgehead atoms. The van der Waals surface area contributed by atoms with Crippen LogP contribution >= 0.6 is 15.9 Å². The molecule has 0 aliphatic rings. The van der Waals surface area contributed by atoms with E-state index < -0.39 is 9.84 Å². The van der Waals surface area contributed by atoms with Gasteiger partial charge in [0, 0.05) is 12.5 Å². The zero-order chi connectivity index (χ0) is 10.3. The zero-order valence-electron chi connectivity index (χ0n) is 7.18. The summed E-state index contributed by atoms with van der Waals surface area (Å²) >= 11 is 3.21. The van der Waals surface area contributed by atoms with Crippen molar-refractivity contribution in [2.24, 2.45) is 0 Å². The summed E-state index contributed by atoms with van der Waals surface area (Å²) in [5, 5.41) is 0.173. The van der Waals surface area contributed by atoms with Crippen LogP contribution in [0.4, 0.5) is 0 Å². The molecule has 0 amide bonds. The Hall–Kier alpha value is -0.950. The monoisotopic (exact) mass is 275 g/mol. The van der Waals surface area contributed by atoms with Crippen molar-refractivity contribution in [2.75, 3.05) is 6.26 Å². The molecule has 0 unspecified atom stereocenters. The first-order chi connectivity index (χ1) is 6.50. The first-order valence-corrected chi connectivity index (χ1v) is 6.36. The van der Waals surface area contributed by atoms with Gasteiger partial charge in [0.15, 0.2) is 9.84 Å². The normalized spacial score (nSPS) is 12.1. The summed E-state index contributed by atoms with van der Waals surface area (Å²) in [6, 6.07) is 1.44. The molecule has 0 spiro atoms. The van der Waals surface area contributed by atoms with Gasteiger partial charge in [-0.3, -0.25) is 4.40 Å². The van der Waals surface area contributed by atoms with E-state index in [1.165, 1.54) is 22.9 Å². The molecule has 5 nitrogen and oxygen atoms in total. The summed E-state index contributed by atoms with van der Waals surface area (Å²) < 4.78 is 24.8. The molecule has 2 aromatic rings. The fourth-order valence-corrected chi connectivity index (χ4v) is 2.54. The molecule has 0 aliphatic carbocycles. The van der Waals surface area contributed by atoms with E-state index in [-0.39, 0.29) is 5.03 Å². The van der Waals surface area contributed by atoms with Crippen LogP contribution in [-0.4, -0.2) is 29.0 Å². The molecule has 7 heteroatoms. The topological polar surface area (TPSA) is 64.3 Å². The molecule has 0 saturated heterocycles. The molecule has 2 aromatic heterocycles. The lowest BCUT2D eigenvalue weighted by Gasteiger charge is -2.02. The van der Waals surface area contributed by atoms with E-state index in [1.54, 1.807) is 0 Å². The Morgan fingerprint density at radius 1 is 1.43 bits per heavy atom. The van der Waals surface area contributed by atoms with Crippen molar-refractivity contribution in [3.63, 3.8) is 0 Å². The molecule has 0 radical (unpaired) electrons. The van der Waals surface area contributed by atoms with Crippen LogP contribution in [0.3, 0.4) is 0 Å². The van der Waals surface area contributed by atoms with Gasteiger partial charge >= 0.3 is 0 Å². The first kappa shape index (κ1) is 9.60. The summed E-state index contributed by atoms with van der Waals surface area (Å²) in [5.41, 5.74) is 0. The van der Waals surface area contributed by atoms with Crippen LogP contribution in [0.1, 0.15) is 0 Å². The van der Waals surface area contributed by atoms with Crippen LogP contribution in [0.25, 0.3) is 5.78 Å². The third-order valence-corrected chi connectivity index (χ3v) is 3.35. The number of hydrogen-bond acceptors (Lipinski definition) is 4. The minimum Gasteiger partial charge on any atom is -0.261 e. The van der Waals surface area contributed by atoms with Gasteiger partial charge in [0.05, 0.1) is 6.20 Å². The van der Waals surface area contributed by atoms with Gasteiger partial charge in [-0.05, 0) is 22.0 Å². The fraction of sp³-hybridized carbons (Fsp3) is 0.143. The summed E-state index contributed by atoms with van der Waals surface area (Å²) in [6.07, 6.45) is 4.08. The van der Waals surface area contributed by atoms with Crippen LogP contribution < -0.4 is 0 Å².